The van der Waals surface area contributed by atoms with Gasteiger partial charge in [-0.1, -0.05) is 18.2 Å². The standard InChI is InChI=1S/C20H17F4N5O2S/c1-11-2-3-12(6-15(11)21)14-4-5-28(10-16(14)30)17-8-26-29(19(31)27-17)9-13-7-25-18(32-13)20(22,23)24/h2-4,6-8,16,30H,5,9-10H2,1H3. The Morgan fingerprint density at radius 2 is 2.06 bits per heavy atom. The highest BCUT2D eigenvalue weighted by Gasteiger charge is 2.34. The molecule has 1 unspecified atom stereocenters. The summed E-state index contributed by atoms with van der Waals surface area (Å²) in [5, 5.41) is 13.5. The number of alkyl halides is 3. The van der Waals surface area contributed by atoms with Crippen molar-refractivity contribution in [3.63, 3.8) is 0 Å². The van der Waals surface area contributed by atoms with Crippen LogP contribution >= 0.6 is 11.3 Å². The summed E-state index contributed by atoms with van der Waals surface area (Å²) in [4.78, 5) is 21.4. The van der Waals surface area contributed by atoms with Gasteiger partial charge in [0.25, 0.3) is 0 Å². The van der Waals surface area contributed by atoms with Crippen molar-refractivity contribution < 1.29 is 22.7 Å². The number of aliphatic hydroxyl groups is 1. The lowest BCUT2D eigenvalue weighted by atomic mass is 9.96. The first-order valence-corrected chi connectivity index (χ1v) is 10.3. The zero-order valence-electron chi connectivity index (χ0n) is 16.7. The fourth-order valence-corrected chi connectivity index (χ4v) is 4.03. The molecule has 4 rings (SSSR count). The average molecular weight is 467 g/mol. The number of benzene rings is 1. The van der Waals surface area contributed by atoms with Crippen molar-refractivity contribution in [2.45, 2.75) is 25.7 Å². The minimum atomic E-state index is -4.55. The molecule has 1 atom stereocenters. The molecule has 0 spiro atoms. The highest BCUT2D eigenvalue weighted by Crippen LogP contribution is 2.32. The number of aliphatic hydroxyl groups excluding tert-OH is 1. The lowest BCUT2D eigenvalue weighted by Gasteiger charge is -2.31. The quantitative estimate of drug-likeness (QED) is 0.595. The Labute approximate surface area is 183 Å². The number of anilines is 1. The van der Waals surface area contributed by atoms with Gasteiger partial charge in [0.2, 0.25) is 0 Å². The molecule has 1 N–H and O–H groups in total. The van der Waals surface area contributed by atoms with E-state index in [0.717, 1.165) is 10.9 Å². The van der Waals surface area contributed by atoms with Gasteiger partial charge < -0.3 is 10.0 Å². The molecule has 3 heterocycles. The Hall–Kier alpha value is -3.12. The van der Waals surface area contributed by atoms with Crippen molar-refractivity contribution in [1.82, 2.24) is 19.7 Å². The van der Waals surface area contributed by atoms with Gasteiger partial charge in [-0.15, -0.1) is 11.3 Å². The maximum Gasteiger partial charge on any atom is 0.443 e. The van der Waals surface area contributed by atoms with Crippen molar-refractivity contribution in [3.05, 3.63) is 74.0 Å². The average Bonchev–Trinajstić information content (AvgIpc) is 3.21. The normalized spacial score (nSPS) is 16.9. The summed E-state index contributed by atoms with van der Waals surface area (Å²) >= 11 is 0.434. The lowest BCUT2D eigenvalue weighted by molar-refractivity contribution is -0.137. The van der Waals surface area contributed by atoms with Crippen molar-refractivity contribution in [3.8, 4) is 0 Å². The zero-order chi connectivity index (χ0) is 23.0. The molecule has 0 saturated heterocycles. The monoisotopic (exact) mass is 467 g/mol. The zero-order valence-corrected chi connectivity index (χ0v) is 17.5. The first-order valence-electron chi connectivity index (χ1n) is 9.47. The molecule has 0 bridgehead atoms. The maximum atomic E-state index is 13.9. The van der Waals surface area contributed by atoms with Crippen LogP contribution < -0.4 is 10.6 Å². The summed E-state index contributed by atoms with van der Waals surface area (Å²) in [5.74, 6) is -0.147. The van der Waals surface area contributed by atoms with Crippen LogP contribution in [0.25, 0.3) is 5.57 Å². The minimum absolute atomic E-state index is 0.114. The van der Waals surface area contributed by atoms with Gasteiger partial charge in [-0.2, -0.15) is 23.3 Å². The smallest absolute Gasteiger partial charge is 0.387 e. The summed E-state index contributed by atoms with van der Waals surface area (Å²) in [7, 11) is 0. The van der Waals surface area contributed by atoms with Crippen LogP contribution in [0.15, 0.2) is 41.5 Å². The molecule has 1 aromatic carbocycles. The third kappa shape index (κ3) is 4.55. The van der Waals surface area contributed by atoms with Crippen molar-refractivity contribution in [1.29, 1.82) is 0 Å². The summed E-state index contributed by atoms with van der Waals surface area (Å²) in [6.07, 6.45) is -1.40. The van der Waals surface area contributed by atoms with Crippen LogP contribution in [-0.2, 0) is 12.7 Å². The number of β-amino-alcohol motifs (C(OH)–C–C–N with tert-alkyl or cyclic N) is 1. The highest BCUT2D eigenvalue weighted by atomic mass is 32.1. The van der Waals surface area contributed by atoms with E-state index in [2.05, 4.69) is 15.1 Å². The molecular formula is C20H17F4N5O2S. The van der Waals surface area contributed by atoms with Crippen LogP contribution in [0.3, 0.4) is 0 Å². The molecule has 7 nitrogen and oxygen atoms in total. The van der Waals surface area contributed by atoms with Gasteiger partial charge in [0.1, 0.15) is 5.82 Å². The Balaban J connectivity index is 1.50. The molecule has 168 valence electrons. The van der Waals surface area contributed by atoms with Crippen LogP contribution in [0.5, 0.6) is 0 Å². The third-order valence-electron chi connectivity index (χ3n) is 4.96. The van der Waals surface area contributed by atoms with Gasteiger partial charge in [-0.05, 0) is 29.7 Å². The van der Waals surface area contributed by atoms with Gasteiger partial charge in [0, 0.05) is 24.2 Å². The van der Waals surface area contributed by atoms with E-state index in [0.29, 0.717) is 34.6 Å². The topological polar surface area (TPSA) is 84.1 Å². The first kappa shape index (κ1) is 22.1. The molecule has 1 aliphatic heterocycles. The molecule has 0 radical (unpaired) electrons. The van der Waals surface area contributed by atoms with E-state index in [1.807, 2.05) is 0 Å². The molecule has 0 aliphatic carbocycles. The predicted molar refractivity (Wildman–Crippen MR) is 110 cm³/mol. The minimum Gasteiger partial charge on any atom is -0.387 e. The molecule has 3 aromatic rings. The van der Waals surface area contributed by atoms with Crippen molar-refractivity contribution in [2.24, 2.45) is 0 Å². The second-order valence-electron chi connectivity index (χ2n) is 7.23. The van der Waals surface area contributed by atoms with E-state index in [1.54, 1.807) is 30.0 Å². The highest BCUT2D eigenvalue weighted by molar-refractivity contribution is 7.11. The van der Waals surface area contributed by atoms with Crippen molar-refractivity contribution in [2.75, 3.05) is 18.0 Å². The number of nitrogens with zero attached hydrogens (tertiary/aromatic N) is 5. The van der Waals surface area contributed by atoms with E-state index < -0.39 is 23.0 Å². The van der Waals surface area contributed by atoms with Gasteiger partial charge in [-0.3, -0.25) is 0 Å². The Kier molecular flexibility index (Phi) is 5.82. The summed E-state index contributed by atoms with van der Waals surface area (Å²) in [5.41, 5.74) is 0.913. The summed E-state index contributed by atoms with van der Waals surface area (Å²) in [6.45, 7) is 1.89. The summed E-state index contributed by atoms with van der Waals surface area (Å²) in [6, 6.07) is 4.73. The van der Waals surface area contributed by atoms with E-state index in [4.69, 9.17) is 0 Å². The van der Waals surface area contributed by atoms with Crippen LogP contribution in [0.2, 0.25) is 0 Å². The first-order chi connectivity index (χ1) is 15.1. The van der Waals surface area contributed by atoms with Gasteiger partial charge in [0.15, 0.2) is 10.8 Å². The van der Waals surface area contributed by atoms with Crippen LogP contribution in [0.1, 0.15) is 21.0 Å². The van der Waals surface area contributed by atoms with Gasteiger partial charge >= 0.3 is 11.9 Å². The molecule has 0 fully saturated rings. The molecule has 0 amide bonds. The Morgan fingerprint density at radius 1 is 1.28 bits per heavy atom. The SMILES string of the molecule is Cc1ccc(C2=CCN(c3cnn(Cc4cnc(C(F)(F)F)s4)c(=O)n3)CC2O)cc1F. The second kappa shape index (κ2) is 8.43. The van der Waals surface area contributed by atoms with E-state index in [1.165, 1.54) is 12.3 Å². The maximum absolute atomic E-state index is 13.9. The number of thiazole rings is 1. The predicted octanol–water partition coefficient (Wildman–Crippen LogP) is 2.87. The number of hydrogen-bond acceptors (Lipinski definition) is 7. The van der Waals surface area contributed by atoms with Crippen LogP contribution in [0, 0.1) is 12.7 Å². The van der Waals surface area contributed by atoms with Gasteiger partial charge in [-0.25, -0.2) is 18.9 Å². The number of rotatable bonds is 4. The number of aryl methyl sites for hydroxylation is 1. The van der Waals surface area contributed by atoms with Crippen LogP contribution in [0.4, 0.5) is 23.4 Å². The Morgan fingerprint density at radius 3 is 2.69 bits per heavy atom. The fraction of sp³-hybridized carbons (Fsp3) is 0.300. The lowest BCUT2D eigenvalue weighted by Crippen LogP contribution is -2.39. The summed E-state index contributed by atoms with van der Waals surface area (Å²) < 4.78 is 52.9. The Bertz CT molecular complexity index is 1240. The number of hydrogen-bond donors (Lipinski definition) is 1. The number of aromatic nitrogens is 4. The van der Waals surface area contributed by atoms with E-state index in [9.17, 15) is 27.5 Å². The van der Waals surface area contributed by atoms with E-state index >= 15 is 0 Å². The third-order valence-corrected chi connectivity index (χ3v) is 5.99. The van der Waals surface area contributed by atoms with E-state index in [-0.39, 0.29) is 29.6 Å². The number of halogens is 4. The molecule has 1 aliphatic rings. The largest absolute Gasteiger partial charge is 0.443 e. The molecule has 32 heavy (non-hydrogen) atoms. The second-order valence-corrected chi connectivity index (χ2v) is 8.34. The van der Waals surface area contributed by atoms with Crippen LogP contribution in [-0.4, -0.2) is 44.0 Å². The molecular weight excluding hydrogens is 450 g/mol. The van der Waals surface area contributed by atoms with Gasteiger partial charge in [0.05, 0.1) is 18.8 Å². The molecule has 2 aromatic heterocycles. The molecule has 12 heteroatoms. The van der Waals surface area contributed by atoms with Crippen molar-refractivity contribution >= 4 is 22.7 Å². The molecule has 0 saturated carbocycles. The fourth-order valence-electron chi connectivity index (χ4n) is 3.27.